The second-order valence-electron chi connectivity index (χ2n) is 4.47. The topological polar surface area (TPSA) is 75.3 Å². The van der Waals surface area contributed by atoms with Gasteiger partial charge in [0.2, 0.25) is 15.9 Å². The first-order valence-electron chi connectivity index (χ1n) is 6.31. The molecule has 0 saturated heterocycles. The molecule has 112 valence electrons. The van der Waals surface area contributed by atoms with Gasteiger partial charge in [-0.1, -0.05) is 0 Å². The van der Waals surface area contributed by atoms with E-state index in [1.54, 1.807) is 6.92 Å². The van der Waals surface area contributed by atoms with E-state index in [1.165, 1.54) is 26.0 Å². The van der Waals surface area contributed by atoms with E-state index < -0.39 is 15.8 Å². The van der Waals surface area contributed by atoms with Gasteiger partial charge in [-0.15, -0.1) is 0 Å². The van der Waals surface area contributed by atoms with Crippen molar-refractivity contribution in [1.29, 1.82) is 0 Å². The van der Waals surface area contributed by atoms with Crippen molar-refractivity contribution in [2.75, 3.05) is 13.1 Å². The summed E-state index contributed by atoms with van der Waals surface area (Å²) >= 11 is 0. The lowest BCUT2D eigenvalue weighted by atomic mass is 10.1. The number of carbonyl (C=O) groups excluding carboxylic acids is 1. The maximum atomic E-state index is 13.2. The molecule has 1 amide bonds. The molecule has 0 fully saturated rings. The van der Waals surface area contributed by atoms with Crippen LogP contribution in [0, 0.1) is 19.7 Å². The average Bonchev–Trinajstić information content (AvgIpc) is 2.26. The minimum absolute atomic E-state index is 0.00439. The average molecular weight is 302 g/mol. The van der Waals surface area contributed by atoms with E-state index in [1.807, 2.05) is 0 Å². The van der Waals surface area contributed by atoms with Crippen molar-refractivity contribution in [2.45, 2.75) is 32.1 Å². The third kappa shape index (κ3) is 4.28. The molecule has 0 atom stereocenters. The molecule has 0 heterocycles. The number of hydrogen-bond acceptors (Lipinski definition) is 3. The Bertz CT molecular complexity index is 577. The predicted octanol–water partition coefficient (Wildman–Crippen LogP) is 1.25. The predicted molar refractivity (Wildman–Crippen MR) is 74.4 cm³/mol. The number of rotatable bonds is 6. The second kappa shape index (κ2) is 6.81. The molecule has 0 aromatic heterocycles. The van der Waals surface area contributed by atoms with Crippen LogP contribution in [0.15, 0.2) is 17.0 Å². The van der Waals surface area contributed by atoms with E-state index >= 15 is 0 Å². The van der Waals surface area contributed by atoms with Gasteiger partial charge in [-0.25, -0.2) is 17.5 Å². The maximum absolute atomic E-state index is 13.2. The largest absolute Gasteiger partial charge is 0.356 e. The van der Waals surface area contributed by atoms with Crippen LogP contribution >= 0.6 is 0 Å². The molecule has 0 aliphatic rings. The Labute approximate surface area is 118 Å². The summed E-state index contributed by atoms with van der Waals surface area (Å²) < 4.78 is 39.8. The number of benzene rings is 1. The van der Waals surface area contributed by atoms with E-state index in [-0.39, 0.29) is 23.8 Å². The van der Waals surface area contributed by atoms with Crippen LogP contribution in [0.1, 0.15) is 24.5 Å². The lowest BCUT2D eigenvalue weighted by Crippen LogP contribution is -2.31. The van der Waals surface area contributed by atoms with Crippen LogP contribution in [-0.4, -0.2) is 27.4 Å². The molecule has 0 aliphatic heterocycles. The monoisotopic (exact) mass is 302 g/mol. The molecule has 5 nitrogen and oxygen atoms in total. The minimum atomic E-state index is -3.75. The third-order valence-corrected chi connectivity index (χ3v) is 4.48. The fourth-order valence-corrected chi connectivity index (χ4v) is 3.46. The zero-order valence-electron chi connectivity index (χ0n) is 11.8. The first kappa shape index (κ1) is 16.6. The van der Waals surface area contributed by atoms with Gasteiger partial charge in [0.15, 0.2) is 0 Å². The number of sulfonamides is 1. The zero-order valence-corrected chi connectivity index (χ0v) is 12.6. The standard InChI is InChI=1S/C13H19FN2O3S/c1-4-15-12(17)5-6-16-20(18,19)13-9(2)7-11(14)8-10(13)3/h7-8,16H,4-6H2,1-3H3,(H,15,17). The van der Waals surface area contributed by atoms with E-state index in [2.05, 4.69) is 10.0 Å². The summed E-state index contributed by atoms with van der Waals surface area (Å²) in [7, 11) is -3.75. The summed E-state index contributed by atoms with van der Waals surface area (Å²) in [4.78, 5) is 11.3. The lowest BCUT2D eigenvalue weighted by Gasteiger charge is -2.12. The summed E-state index contributed by atoms with van der Waals surface area (Å²) in [6.45, 7) is 5.36. The van der Waals surface area contributed by atoms with Crippen molar-refractivity contribution < 1.29 is 17.6 Å². The minimum Gasteiger partial charge on any atom is -0.356 e. The Morgan fingerprint density at radius 3 is 2.30 bits per heavy atom. The molecule has 7 heteroatoms. The molecule has 0 unspecified atom stereocenters. The van der Waals surface area contributed by atoms with Crippen molar-refractivity contribution >= 4 is 15.9 Å². The van der Waals surface area contributed by atoms with Crippen LogP contribution < -0.4 is 10.0 Å². The van der Waals surface area contributed by atoms with Crippen LogP contribution in [0.2, 0.25) is 0 Å². The molecule has 0 spiro atoms. The third-order valence-electron chi connectivity index (χ3n) is 2.71. The molecular weight excluding hydrogens is 283 g/mol. The number of halogens is 1. The summed E-state index contributed by atoms with van der Waals surface area (Å²) in [5.74, 6) is -0.691. The molecule has 20 heavy (non-hydrogen) atoms. The van der Waals surface area contributed by atoms with Gasteiger partial charge in [-0.2, -0.15) is 0 Å². The van der Waals surface area contributed by atoms with E-state index in [0.29, 0.717) is 17.7 Å². The first-order valence-corrected chi connectivity index (χ1v) is 7.79. The molecule has 0 bridgehead atoms. The molecule has 0 aliphatic carbocycles. The highest BCUT2D eigenvalue weighted by atomic mass is 32.2. The van der Waals surface area contributed by atoms with Gasteiger partial charge >= 0.3 is 0 Å². The van der Waals surface area contributed by atoms with Gasteiger partial charge in [0, 0.05) is 19.5 Å². The van der Waals surface area contributed by atoms with Crippen LogP contribution in [0.3, 0.4) is 0 Å². The van der Waals surface area contributed by atoms with Gasteiger partial charge in [-0.3, -0.25) is 4.79 Å². The van der Waals surface area contributed by atoms with Crippen molar-refractivity contribution in [3.63, 3.8) is 0 Å². The normalized spacial score (nSPS) is 11.4. The zero-order chi connectivity index (χ0) is 15.3. The molecule has 1 aromatic carbocycles. The Hall–Kier alpha value is -1.47. The lowest BCUT2D eigenvalue weighted by molar-refractivity contribution is -0.120. The van der Waals surface area contributed by atoms with Gasteiger partial charge < -0.3 is 5.32 Å². The van der Waals surface area contributed by atoms with Crippen LogP contribution in [0.5, 0.6) is 0 Å². The Morgan fingerprint density at radius 2 is 1.80 bits per heavy atom. The van der Waals surface area contributed by atoms with Gasteiger partial charge in [0.05, 0.1) is 4.90 Å². The number of carbonyl (C=O) groups is 1. The highest BCUT2D eigenvalue weighted by molar-refractivity contribution is 7.89. The smallest absolute Gasteiger partial charge is 0.241 e. The molecular formula is C13H19FN2O3S. The number of aryl methyl sites for hydroxylation is 2. The Balaban J connectivity index is 2.82. The summed E-state index contributed by atoms with van der Waals surface area (Å²) in [6, 6.07) is 2.34. The highest BCUT2D eigenvalue weighted by Crippen LogP contribution is 2.21. The summed E-state index contributed by atoms with van der Waals surface area (Å²) in [5, 5.41) is 2.58. The fraction of sp³-hybridized carbons (Fsp3) is 0.462. The fourth-order valence-electron chi connectivity index (χ4n) is 1.98. The number of amides is 1. The van der Waals surface area contributed by atoms with Crippen molar-refractivity contribution in [1.82, 2.24) is 10.0 Å². The van der Waals surface area contributed by atoms with Crippen LogP contribution in [-0.2, 0) is 14.8 Å². The van der Waals surface area contributed by atoms with Crippen LogP contribution in [0.4, 0.5) is 4.39 Å². The first-order chi connectivity index (χ1) is 9.27. The van der Waals surface area contributed by atoms with Gasteiger partial charge in [0.1, 0.15) is 5.82 Å². The maximum Gasteiger partial charge on any atom is 0.241 e. The van der Waals surface area contributed by atoms with E-state index in [4.69, 9.17) is 0 Å². The van der Waals surface area contributed by atoms with Gasteiger partial charge in [-0.05, 0) is 44.0 Å². The summed E-state index contributed by atoms with van der Waals surface area (Å²) in [5.41, 5.74) is 0.681. The number of hydrogen-bond donors (Lipinski definition) is 2. The quantitative estimate of drug-likeness (QED) is 0.830. The van der Waals surface area contributed by atoms with Crippen molar-refractivity contribution in [3.8, 4) is 0 Å². The molecule has 0 radical (unpaired) electrons. The number of nitrogens with one attached hydrogen (secondary N) is 2. The molecule has 1 rings (SSSR count). The second-order valence-corrected chi connectivity index (χ2v) is 6.17. The van der Waals surface area contributed by atoms with Gasteiger partial charge in [0.25, 0.3) is 0 Å². The van der Waals surface area contributed by atoms with Crippen molar-refractivity contribution in [3.05, 3.63) is 29.1 Å². The van der Waals surface area contributed by atoms with Crippen LogP contribution in [0.25, 0.3) is 0 Å². The highest BCUT2D eigenvalue weighted by Gasteiger charge is 2.20. The van der Waals surface area contributed by atoms with E-state index in [0.717, 1.165) is 0 Å². The molecule has 2 N–H and O–H groups in total. The SMILES string of the molecule is CCNC(=O)CCNS(=O)(=O)c1c(C)cc(F)cc1C. The molecule has 1 aromatic rings. The Kier molecular flexibility index (Phi) is 5.64. The molecule has 0 saturated carbocycles. The van der Waals surface area contributed by atoms with E-state index in [9.17, 15) is 17.6 Å². The Morgan fingerprint density at radius 1 is 1.25 bits per heavy atom. The summed E-state index contributed by atoms with van der Waals surface area (Å²) in [6.07, 6.45) is 0.0619. The van der Waals surface area contributed by atoms with Crippen molar-refractivity contribution in [2.24, 2.45) is 0 Å².